The van der Waals surface area contributed by atoms with Crippen LogP contribution in [0, 0.1) is 0 Å². The first-order valence-electron chi connectivity index (χ1n) is 5.02. The summed E-state index contributed by atoms with van der Waals surface area (Å²) in [6.07, 6.45) is -0.646. The summed E-state index contributed by atoms with van der Waals surface area (Å²) in [6, 6.07) is 1.82. The Morgan fingerprint density at radius 2 is 2.18 bits per heavy atom. The number of hydrogen-bond donors (Lipinski definition) is 2. The van der Waals surface area contributed by atoms with Gasteiger partial charge >= 0.3 is 6.18 Å². The highest BCUT2D eigenvalue weighted by Gasteiger charge is 2.26. The third-order valence-corrected chi connectivity index (χ3v) is 1.99. The smallest absolute Gasteiger partial charge is 0.357 e. The van der Waals surface area contributed by atoms with Crippen molar-refractivity contribution in [3.8, 4) is 0 Å². The van der Waals surface area contributed by atoms with Gasteiger partial charge in [-0.1, -0.05) is 0 Å². The summed E-state index contributed by atoms with van der Waals surface area (Å²) in [4.78, 5) is 11.2. The maximum absolute atomic E-state index is 11.8. The molecule has 4 nitrogen and oxygen atoms in total. The minimum absolute atomic E-state index is 0.313. The molecule has 1 aromatic rings. The van der Waals surface area contributed by atoms with Crippen molar-refractivity contribution < 1.29 is 18.0 Å². The fourth-order valence-corrected chi connectivity index (χ4v) is 1.25. The van der Waals surface area contributed by atoms with Crippen LogP contribution in [-0.2, 0) is 18.4 Å². The van der Waals surface area contributed by atoms with E-state index in [2.05, 4.69) is 5.32 Å². The summed E-state index contributed by atoms with van der Waals surface area (Å²) >= 11 is 0. The van der Waals surface area contributed by atoms with Crippen molar-refractivity contribution in [1.82, 2.24) is 15.2 Å². The molecule has 17 heavy (non-hydrogen) atoms. The Morgan fingerprint density at radius 3 is 2.71 bits per heavy atom. The number of nitrogens with one attached hydrogen (secondary N) is 2. The number of amides is 1. The topological polar surface area (TPSA) is 46.1 Å². The van der Waals surface area contributed by atoms with Crippen molar-refractivity contribution in [3.63, 3.8) is 0 Å². The van der Waals surface area contributed by atoms with E-state index in [1.165, 1.54) is 0 Å². The molecular weight excluding hydrogens is 235 g/mol. The molecule has 2 N–H and O–H groups in total. The summed E-state index contributed by atoms with van der Waals surface area (Å²) in [5.74, 6) is -0.460. The van der Waals surface area contributed by atoms with E-state index in [9.17, 15) is 18.0 Å². The highest BCUT2D eigenvalue weighted by molar-refractivity contribution is 5.77. The Kier molecular flexibility index (Phi) is 4.56. The lowest BCUT2D eigenvalue weighted by Crippen LogP contribution is -2.37. The predicted octanol–water partition coefficient (Wildman–Crippen LogP) is 0.793. The summed E-state index contributed by atoms with van der Waals surface area (Å²) < 4.78 is 37.1. The monoisotopic (exact) mass is 249 g/mol. The van der Waals surface area contributed by atoms with Crippen LogP contribution in [0.1, 0.15) is 5.56 Å². The molecule has 0 aliphatic rings. The SMILES string of the molecule is Cn1ccc(CNC(=O)CNCC(F)(F)F)c1. The zero-order valence-corrected chi connectivity index (χ0v) is 9.34. The van der Waals surface area contributed by atoms with Crippen LogP contribution in [-0.4, -0.2) is 29.7 Å². The lowest BCUT2D eigenvalue weighted by atomic mass is 10.3. The van der Waals surface area contributed by atoms with E-state index in [0.29, 0.717) is 6.54 Å². The minimum atomic E-state index is -4.29. The Labute approximate surface area is 96.8 Å². The molecule has 0 fully saturated rings. The van der Waals surface area contributed by atoms with Gasteiger partial charge in [-0.15, -0.1) is 0 Å². The van der Waals surface area contributed by atoms with Gasteiger partial charge < -0.3 is 15.2 Å². The predicted molar refractivity (Wildman–Crippen MR) is 56.2 cm³/mol. The fourth-order valence-electron chi connectivity index (χ4n) is 1.25. The number of carbonyl (C=O) groups excluding carboxylic acids is 1. The molecule has 0 atom stereocenters. The molecule has 0 saturated heterocycles. The van der Waals surface area contributed by atoms with E-state index in [1.54, 1.807) is 0 Å². The fraction of sp³-hybridized carbons (Fsp3) is 0.500. The third kappa shape index (κ3) is 5.96. The van der Waals surface area contributed by atoms with Gasteiger partial charge in [0.15, 0.2) is 0 Å². The molecule has 7 heteroatoms. The molecule has 0 radical (unpaired) electrons. The molecule has 0 aliphatic heterocycles. The second kappa shape index (κ2) is 5.72. The van der Waals surface area contributed by atoms with Gasteiger partial charge in [-0.25, -0.2) is 0 Å². The van der Waals surface area contributed by atoms with Crippen molar-refractivity contribution in [3.05, 3.63) is 24.0 Å². The van der Waals surface area contributed by atoms with Gasteiger partial charge in [0.05, 0.1) is 13.1 Å². The quantitative estimate of drug-likeness (QED) is 0.810. The first-order valence-corrected chi connectivity index (χ1v) is 5.02. The molecule has 0 aliphatic carbocycles. The standard InChI is InChI=1S/C10H14F3N3O/c1-16-3-2-8(6-16)4-15-9(17)5-14-7-10(11,12)13/h2-3,6,14H,4-5,7H2,1H3,(H,15,17). The van der Waals surface area contributed by atoms with Crippen LogP contribution in [0.15, 0.2) is 18.5 Å². The van der Waals surface area contributed by atoms with E-state index in [1.807, 2.05) is 35.4 Å². The molecule has 0 saturated carbocycles. The van der Waals surface area contributed by atoms with Crippen molar-refractivity contribution in [2.24, 2.45) is 7.05 Å². The van der Waals surface area contributed by atoms with Gasteiger partial charge in [0.25, 0.3) is 0 Å². The molecule has 0 bridgehead atoms. The highest BCUT2D eigenvalue weighted by Crippen LogP contribution is 2.11. The molecule has 0 unspecified atom stereocenters. The number of carbonyl (C=O) groups is 1. The van der Waals surface area contributed by atoms with Gasteiger partial charge in [-0.2, -0.15) is 13.2 Å². The van der Waals surface area contributed by atoms with Crippen molar-refractivity contribution >= 4 is 5.91 Å². The normalized spacial score (nSPS) is 11.5. The molecule has 1 heterocycles. The summed E-state index contributed by atoms with van der Waals surface area (Å²) in [5, 5.41) is 4.54. The zero-order chi connectivity index (χ0) is 12.9. The van der Waals surface area contributed by atoms with Crippen molar-refractivity contribution in [2.75, 3.05) is 13.1 Å². The first kappa shape index (κ1) is 13.6. The molecule has 1 aromatic heterocycles. The lowest BCUT2D eigenvalue weighted by Gasteiger charge is -2.08. The Hall–Kier alpha value is -1.50. The van der Waals surface area contributed by atoms with Gasteiger partial charge in [-0.3, -0.25) is 4.79 Å². The number of nitrogens with zero attached hydrogens (tertiary/aromatic N) is 1. The minimum Gasteiger partial charge on any atom is -0.357 e. The van der Waals surface area contributed by atoms with Gasteiger partial charge in [0.2, 0.25) is 5.91 Å². The van der Waals surface area contributed by atoms with Gasteiger partial charge in [0.1, 0.15) is 0 Å². The maximum atomic E-state index is 11.8. The van der Waals surface area contributed by atoms with E-state index in [4.69, 9.17) is 0 Å². The van der Waals surface area contributed by atoms with Crippen LogP contribution in [0.25, 0.3) is 0 Å². The molecule has 96 valence electrons. The Balaban J connectivity index is 2.18. The van der Waals surface area contributed by atoms with E-state index >= 15 is 0 Å². The Bertz CT molecular complexity index is 373. The average molecular weight is 249 g/mol. The number of aryl methyl sites for hydroxylation is 1. The maximum Gasteiger partial charge on any atom is 0.401 e. The third-order valence-electron chi connectivity index (χ3n) is 1.99. The highest BCUT2D eigenvalue weighted by atomic mass is 19.4. The molecule has 0 aromatic carbocycles. The Morgan fingerprint density at radius 1 is 1.47 bits per heavy atom. The average Bonchev–Trinajstić information content (AvgIpc) is 2.59. The number of alkyl halides is 3. The zero-order valence-electron chi connectivity index (χ0n) is 9.34. The number of halogens is 3. The van der Waals surface area contributed by atoms with Gasteiger partial charge in [0, 0.05) is 26.0 Å². The summed E-state index contributed by atoms with van der Waals surface area (Å²) in [7, 11) is 1.84. The van der Waals surface area contributed by atoms with E-state index in [0.717, 1.165) is 5.56 Å². The van der Waals surface area contributed by atoms with Crippen LogP contribution < -0.4 is 10.6 Å². The summed E-state index contributed by atoms with van der Waals surface area (Å²) in [6.45, 7) is -1.19. The van der Waals surface area contributed by atoms with Crippen LogP contribution >= 0.6 is 0 Å². The lowest BCUT2D eigenvalue weighted by molar-refractivity contribution is -0.128. The number of aromatic nitrogens is 1. The van der Waals surface area contributed by atoms with E-state index in [-0.39, 0.29) is 6.54 Å². The molecule has 1 amide bonds. The second-order valence-corrected chi connectivity index (χ2v) is 3.68. The largest absolute Gasteiger partial charge is 0.401 e. The number of rotatable bonds is 5. The number of hydrogen-bond acceptors (Lipinski definition) is 2. The van der Waals surface area contributed by atoms with Crippen LogP contribution in [0.5, 0.6) is 0 Å². The van der Waals surface area contributed by atoms with Crippen molar-refractivity contribution in [2.45, 2.75) is 12.7 Å². The molecular formula is C10H14F3N3O. The first-order chi connectivity index (χ1) is 7.87. The molecule has 1 rings (SSSR count). The van der Waals surface area contributed by atoms with Crippen LogP contribution in [0.3, 0.4) is 0 Å². The van der Waals surface area contributed by atoms with E-state index < -0.39 is 18.6 Å². The summed E-state index contributed by atoms with van der Waals surface area (Å²) in [5.41, 5.74) is 0.900. The van der Waals surface area contributed by atoms with Crippen LogP contribution in [0.4, 0.5) is 13.2 Å². The van der Waals surface area contributed by atoms with Crippen LogP contribution in [0.2, 0.25) is 0 Å². The second-order valence-electron chi connectivity index (χ2n) is 3.68. The molecule has 0 spiro atoms. The van der Waals surface area contributed by atoms with Crippen molar-refractivity contribution in [1.29, 1.82) is 0 Å². The van der Waals surface area contributed by atoms with Gasteiger partial charge in [-0.05, 0) is 11.6 Å².